The maximum Gasteiger partial charge on any atom is 0.126 e. The number of aryl methyl sites for hydroxylation is 1. The Morgan fingerprint density at radius 1 is 1.09 bits per heavy atom. The lowest BCUT2D eigenvalue weighted by atomic mass is 9.79. The van der Waals surface area contributed by atoms with Crippen LogP contribution >= 0.6 is 0 Å². The second-order valence-electron chi connectivity index (χ2n) is 5.85. The number of rotatable bonds is 5. The molecule has 0 aromatic heterocycles. The first-order valence-electron chi connectivity index (χ1n) is 7.15. The molecule has 2 aromatic rings. The topological polar surface area (TPSA) is 52.9 Å². The molecule has 0 aliphatic heterocycles. The number of nitriles is 1. The fourth-order valence-corrected chi connectivity index (χ4v) is 3.29. The Hall–Kier alpha value is -1.96. The van der Waals surface area contributed by atoms with Crippen molar-refractivity contribution in [1.29, 1.82) is 5.26 Å². The molecule has 0 amide bonds. The van der Waals surface area contributed by atoms with Crippen LogP contribution in [0.1, 0.15) is 25.0 Å². The van der Waals surface area contributed by atoms with E-state index in [-0.39, 0.29) is 0 Å². The van der Waals surface area contributed by atoms with Gasteiger partial charge in [-0.2, -0.15) is 5.26 Å². The van der Waals surface area contributed by atoms with E-state index in [1.54, 1.807) is 0 Å². The molecule has 0 aliphatic rings. The molecule has 2 rings (SSSR count). The molecule has 0 fully saturated rings. The van der Waals surface area contributed by atoms with Crippen LogP contribution in [0.3, 0.4) is 0 Å². The third-order valence-corrected chi connectivity index (χ3v) is 4.98. The molecular weight excluding hydrogens is 292 g/mol. The van der Waals surface area contributed by atoms with Crippen LogP contribution in [-0.4, -0.2) is 10.3 Å². The molecule has 0 heterocycles. The normalized spacial score (nSPS) is 14.1. The van der Waals surface area contributed by atoms with Gasteiger partial charge in [-0.1, -0.05) is 61.9 Å². The second-order valence-corrected chi connectivity index (χ2v) is 7.09. The zero-order valence-corrected chi connectivity index (χ0v) is 13.9. The number of benzene rings is 2. The number of nitrogens with zero attached hydrogens (tertiary/aromatic N) is 1. The zero-order valence-electron chi connectivity index (χ0n) is 13.0. The van der Waals surface area contributed by atoms with E-state index in [0.29, 0.717) is 4.90 Å². The Morgan fingerprint density at radius 2 is 1.68 bits per heavy atom. The zero-order chi connectivity index (χ0) is 16.2. The SMILES string of the molecule is Cc1ccc(S(=O)NC(C#N)C(C)(C)c2ccccc2)cc1. The summed E-state index contributed by atoms with van der Waals surface area (Å²) in [5, 5.41) is 9.52. The minimum atomic E-state index is -1.41. The second kappa shape index (κ2) is 6.87. The van der Waals surface area contributed by atoms with E-state index in [1.165, 1.54) is 0 Å². The van der Waals surface area contributed by atoms with Crippen molar-refractivity contribution in [2.45, 2.75) is 37.1 Å². The fourth-order valence-electron chi connectivity index (χ4n) is 2.21. The van der Waals surface area contributed by atoms with Gasteiger partial charge in [0.15, 0.2) is 0 Å². The van der Waals surface area contributed by atoms with Gasteiger partial charge in [-0.3, -0.25) is 0 Å². The van der Waals surface area contributed by atoms with E-state index in [2.05, 4.69) is 10.8 Å². The summed E-state index contributed by atoms with van der Waals surface area (Å²) in [6.07, 6.45) is 0. The van der Waals surface area contributed by atoms with E-state index in [9.17, 15) is 9.47 Å². The number of hydrogen-bond acceptors (Lipinski definition) is 2. The highest BCUT2D eigenvalue weighted by molar-refractivity contribution is 7.83. The van der Waals surface area contributed by atoms with Gasteiger partial charge in [-0.25, -0.2) is 8.93 Å². The molecule has 4 heteroatoms. The first kappa shape index (κ1) is 16.4. The molecule has 0 saturated carbocycles. The Kier molecular flexibility index (Phi) is 5.12. The molecule has 2 aromatic carbocycles. The van der Waals surface area contributed by atoms with Crippen LogP contribution < -0.4 is 4.72 Å². The van der Waals surface area contributed by atoms with E-state index in [1.807, 2.05) is 75.4 Å². The molecule has 0 aliphatic carbocycles. The first-order valence-corrected chi connectivity index (χ1v) is 8.30. The van der Waals surface area contributed by atoms with Crippen molar-refractivity contribution in [3.05, 3.63) is 65.7 Å². The van der Waals surface area contributed by atoms with Crippen LogP contribution in [0.15, 0.2) is 59.5 Å². The van der Waals surface area contributed by atoms with E-state index >= 15 is 0 Å². The Balaban J connectivity index is 2.20. The molecule has 3 nitrogen and oxygen atoms in total. The summed E-state index contributed by atoms with van der Waals surface area (Å²) < 4.78 is 15.4. The standard InChI is InChI=1S/C18H20N2OS/c1-14-9-11-16(12-10-14)22(21)20-17(13-19)18(2,3)15-7-5-4-6-8-15/h4-12,17,20H,1-3H3. The minimum absolute atomic E-state index is 0.448. The molecular formula is C18H20N2OS. The molecule has 1 N–H and O–H groups in total. The van der Waals surface area contributed by atoms with Crippen molar-refractivity contribution in [3.63, 3.8) is 0 Å². The monoisotopic (exact) mass is 312 g/mol. The predicted octanol–water partition coefficient (Wildman–Crippen LogP) is 3.48. The van der Waals surface area contributed by atoms with Gasteiger partial charge in [0.2, 0.25) is 0 Å². The van der Waals surface area contributed by atoms with Crippen LogP contribution in [0.5, 0.6) is 0 Å². The van der Waals surface area contributed by atoms with Crippen molar-refractivity contribution in [2.24, 2.45) is 0 Å². The van der Waals surface area contributed by atoms with Gasteiger partial charge < -0.3 is 0 Å². The van der Waals surface area contributed by atoms with Gasteiger partial charge >= 0.3 is 0 Å². The predicted molar refractivity (Wildman–Crippen MR) is 89.6 cm³/mol. The Morgan fingerprint density at radius 3 is 2.23 bits per heavy atom. The Labute approximate surface area is 134 Å². The molecule has 0 radical (unpaired) electrons. The largest absolute Gasteiger partial charge is 0.237 e. The molecule has 0 bridgehead atoms. The highest BCUT2D eigenvalue weighted by Crippen LogP contribution is 2.27. The molecule has 114 valence electrons. The molecule has 0 spiro atoms. The molecule has 2 unspecified atom stereocenters. The summed E-state index contributed by atoms with van der Waals surface area (Å²) in [4.78, 5) is 0.676. The molecule has 0 saturated heterocycles. The summed E-state index contributed by atoms with van der Waals surface area (Å²) in [5.41, 5.74) is 1.70. The first-order chi connectivity index (χ1) is 10.4. The van der Waals surface area contributed by atoms with Crippen LogP contribution in [0.25, 0.3) is 0 Å². The van der Waals surface area contributed by atoms with Gasteiger partial charge in [-0.05, 0) is 24.6 Å². The number of hydrogen-bond donors (Lipinski definition) is 1. The summed E-state index contributed by atoms with van der Waals surface area (Å²) in [6.45, 7) is 5.95. The van der Waals surface area contributed by atoms with E-state index in [0.717, 1.165) is 11.1 Å². The van der Waals surface area contributed by atoms with Crippen molar-refractivity contribution in [2.75, 3.05) is 0 Å². The van der Waals surface area contributed by atoms with Crippen molar-refractivity contribution in [3.8, 4) is 6.07 Å². The summed E-state index contributed by atoms with van der Waals surface area (Å²) >= 11 is 0. The maximum atomic E-state index is 12.5. The number of nitrogens with one attached hydrogen (secondary N) is 1. The summed E-state index contributed by atoms with van der Waals surface area (Å²) in [7, 11) is -1.41. The van der Waals surface area contributed by atoms with Gasteiger partial charge in [0.1, 0.15) is 17.0 Å². The van der Waals surface area contributed by atoms with Crippen LogP contribution in [0.2, 0.25) is 0 Å². The maximum absolute atomic E-state index is 12.5. The van der Waals surface area contributed by atoms with Gasteiger partial charge in [-0.15, -0.1) is 0 Å². The van der Waals surface area contributed by atoms with Crippen molar-refractivity contribution in [1.82, 2.24) is 4.72 Å². The quantitative estimate of drug-likeness (QED) is 0.919. The van der Waals surface area contributed by atoms with Crippen LogP contribution in [0, 0.1) is 18.3 Å². The lowest BCUT2D eigenvalue weighted by Gasteiger charge is -2.30. The van der Waals surface area contributed by atoms with E-state index in [4.69, 9.17) is 0 Å². The van der Waals surface area contributed by atoms with Gasteiger partial charge in [0, 0.05) is 5.41 Å². The average Bonchev–Trinajstić information content (AvgIpc) is 2.53. The summed E-state index contributed by atoms with van der Waals surface area (Å²) in [6, 6.07) is 19.0. The van der Waals surface area contributed by atoms with Crippen molar-refractivity contribution < 1.29 is 4.21 Å². The van der Waals surface area contributed by atoms with Gasteiger partial charge in [0.05, 0.1) is 11.0 Å². The highest BCUT2D eigenvalue weighted by Gasteiger charge is 2.32. The third-order valence-electron chi connectivity index (χ3n) is 3.83. The summed E-state index contributed by atoms with van der Waals surface area (Å²) in [5.74, 6) is 0. The van der Waals surface area contributed by atoms with Crippen LogP contribution in [0.4, 0.5) is 0 Å². The smallest absolute Gasteiger partial charge is 0.126 e. The lowest BCUT2D eigenvalue weighted by molar-refractivity contribution is 0.449. The fraction of sp³-hybridized carbons (Fsp3) is 0.278. The average molecular weight is 312 g/mol. The minimum Gasteiger partial charge on any atom is -0.237 e. The lowest BCUT2D eigenvalue weighted by Crippen LogP contribution is -2.44. The van der Waals surface area contributed by atoms with E-state index < -0.39 is 22.4 Å². The molecule has 22 heavy (non-hydrogen) atoms. The van der Waals surface area contributed by atoms with Crippen molar-refractivity contribution >= 4 is 11.0 Å². The highest BCUT2D eigenvalue weighted by atomic mass is 32.2. The third kappa shape index (κ3) is 3.62. The Bertz CT molecular complexity index is 687. The molecule has 2 atom stereocenters. The van der Waals surface area contributed by atoms with Crippen LogP contribution in [-0.2, 0) is 16.4 Å². The van der Waals surface area contributed by atoms with Gasteiger partial charge in [0.25, 0.3) is 0 Å².